The van der Waals surface area contributed by atoms with Crippen LogP contribution in [-0.2, 0) is 0 Å². The van der Waals surface area contributed by atoms with Crippen LogP contribution in [0.2, 0.25) is 0 Å². The van der Waals surface area contributed by atoms with Crippen LogP contribution >= 0.6 is 36.2 Å². The molecule has 0 saturated carbocycles. The Hall–Kier alpha value is -2.48. The van der Waals surface area contributed by atoms with Crippen molar-refractivity contribution in [2.45, 2.75) is 0 Å². The molecular weight excluding hydrogens is 391 g/mol. The SMILES string of the molecule is CNc1nc(-n2ccnc2)nc(-c2cccnc2)c1-c1cccs1.Cl.Cl. The van der Waals surface area contributed by atoms with Crippen LogP contribution in [0.5, 0.6) is 0 Å². The van der Waals surface area contributed by atoms with Gasteiger partial charge in [0.2, 0.25) is 5.95 Å². The first-order chi connectivity index (χ1) is 11.9. The van der Waals surface area contributed by atoms with Crippen molar-refractivity contribution in [1.82, 2.24) is 24.5 Å². The smallest absolute Gasteiger partial charge is 0.237 e. The average Bonchev–Trinajstić information content (AvgIpc) is 3.35. The van der Waals surface area contributed by atoms with Crippen LogP contribution in [0.3, 0.4) is 0 Å². The van der Waals surface area contributed by atoms with Crippen molar-refractivity contribution in [3.8, 4) is 27.6 Å². The highest BCUT2D eigenvalue weighted by molar-refractivity contribution is 7.13. The highest BCUT2D eigenvalue weighted by Gasteiger charge is 2.18. The second-order valence-corrected chi connectivity index (χ2v) is 5.98. The molecule has 0 radical (unpaired) electrons. The van der Waals surface area contributed by atoms with Crippen molar-refractivity contribution in [3.63, 3.8) is 0 Å². The molecule has 4 heterocycles. The molecule has 4 rings (SSSR count). The van der Waals surface area contributed by atoms with E-state index in [2.05, 4.69) is 26.3 Å². The molecule has 6 nitrogen and oxygen atoms in total. The van der Waals surface area contributed by atoms with Crippen LogP contribution in [0.1, 0.15) is 0 Å². The van der Waals surface area contributed by atoms with Crippen LogP contribution in [-0.4, -0.2) is 31.6 Å². The zero-order chi connectivity index (χ0) is 16.4. The summed E-state index contributed by atoms with van der Waals surface area (Å²) in [6.07, 6.45) is 8.79. The van der Waals surface area contributed by atoms with Gasteiger partial charge in [0.05, 0.1) is 11.3 Å². The normalized spacial score (nSPS) is 9.88. The minimum Gasteiger partial charge on any atom is -0.372 e. The fourth-order valence-corrected chi connectivity index (χ4v) is 3.26. The van der Waals surface area contributed by atoms with Crippen molar-refractivity contribution in [2.75, 3.05) is 12.4 Å². The Morgan fingerprint density at radius 3 is 2.54 bits per heavy atom. The van der Waals surface area contributed by atoms with Crippen molar-refractivity contribution >= 4 is 42.0 Å². The molecule has 0 bridgehead atoms. The summed E-state index contributed by atoms with van der Waals surface area (Å²) in [6, 6.07) is 8.01. The Labute approximate surface area is 167 Å². The van der Waals surface area contributed by atoms with Gasteiger partial charge in [0.15, 0.2) is 0 Å². The third-order valence-electron chi connectivity index (χ3n) is 3.57. The van der Waals surface area contributed by atoms with Gasteiger partial charge in [0.25, 0.3) is 0 Å². The van der Waals surface area contributed by atoms with Crippen LogP contribution in [0.4, 0.5) is 5.82 Å². The fourth-order valence-electron chi connectivity index (χ4n) is 2.49. The van der Waals surface area contributed by atoms with E-state index in [0.29, 0.717) is 5.95 Å². The van der Waals surface area contributed by atoms with Gasteiger partial charge in [-0.2, -0.15) is 4.98 Å². The molecule has 0 fully saturated rings. The molecule has 4 aromatic rings. The molecule has 0 amide bonds. The fraction of sp³-hybridized carbons (Fsp3) is 0.0588. The molecule has 0 aromatic carbocycles. The lowest BCUT2D eigenvalue weighted by Crippen LogP contribution is -2.06. The number of nitrogens with one attached hydrogen (secondary N) is 1. The van der Waals surface area contributed by atoms with E-state index in [1.165, 1.54) is 0 Å². The highest BCUT2D eigenvalue weighted by Crippen LogP contribution is 2.38. The van der Waals surface area contributed by atoms with Gasteiger partial charge in [0, 0.05) is 42.3 Å². The van der Waals surface area contributed by atoms with E-state index >= 15 is 0 Å². The quantitative estimate of drug-likeness (QED) is 0.545. The summed E-state index contributed by atoms with van der Waals surface area (Å²) in [4.78, 5) is 18.9. The molecule has 9 heteroatoms. The number of halogens is 2. The van der Waals surface area contributed by atoms with Crippen molar-refractivity contribution < 1.29 is 0 Å². The summed E-state index contributed by atoms with van der Waals surface area (Å²) in [5.41, 5.74) is 2.76. The van der Waals surface area contributed by atoms with Gasteiger partial charge in [0.1, 0.15) is 12.1 Å². The average molecular weight is 407 g/mol. The number of imidazole rings is 1. The summed E-state index contributed by atoms with van der Waals surface area (Å²) in [6.45, 7) is 0. The third kappa shape index (κ3) is 3.70. The van der Waals surface area contributed by atoms with Gasteiger partial charge in [-0.25, -0.2) is 9.97 Å². The number of pyridine rings is 1. The zero-order valence-electron chi connectivity index (χ0n) is 13.7. The lowest BCUT2D eigenvalue weighted by Gasteiger charge is -2.14. The number of rotatable bonds is 4. The van der Waals surface area contributed by atoms with Gasteiger partial charge in [-0.05, 0) is 23.6 Å². The maximum atomic E-state index is 4.79. The van der Waals surface area contributed by atoms with E-state index in [1.54, 1.807) is 34.6 Å². The maximum absolute atomic E-state index is 4.79. The van der Waals surface area contributed by atoms with Crippen molar-refractivity contribution in [1.29, 1.82) is 0 Å². The molecule has 0 unspecified atom stereocenters. The minimum atomic E-state index is 0. The van der Waals surface area contributed by atoms with Gasteiger partial charge < -0.3 is 5.32 Å². The largest absolute Gasteiger partial charge is 0.372 e. The molecular formula is C17H16Cl2N6S. The summed E-state index contributed by atoms with van der Waals surface area (Å²) in [7, 11) is 1.87. The van der Waals surface area contributed by atoms with Gasteiger partial charge in [-0.1, -0.05) is 6.07 Å². The number of aromatic nitrogens is 5. The molecule has 0 aliphatic rings. The second-order valence-electron chi connectivity index (χ2n) is 5.03. The first-order valence-corrected chi connectivity index (χ1v) is 8.27. The Balaban J connectivity index is 0.00000121. The molecule has 0 saturated heterocycles. The molecule has 26 heavy (non-hydrogen) atoms. The molecule has 134 valence electrons. The number of hydrogen-bond acceptors (Lipinski definition) is 6. The van der Waals surface area contributed by atoms with E-state index in [9.17, 15) is 0 Å². The van der Waals surface area contributed by atoms with Gasteiger partial charge in [-0.3, -0.25) is 9.55 Å². The number of nitrogens with zero attached hydrogens (tertiary/aromatic N) is 5. The summed E-state index contributed by atoms with van der Waals surface area (Å²) in [5, 5.41) is 5.24. The van der Waals surface area contributed by atoms with E-state index in [0.717, 1.165) is 27.5 Å². The monoisotopic (exact) mass is 406 g/mol. The van der Waals surface area contributed by atoms with E-state index in [4.69, 9.17) is 4.98 Å². The molecule has 0 aliphatic carbocycles. The van der Waals surface area contributed by atoms with Crippen LogP contribution in [0, 0.1) is 0 Å². The Morgan fingerprint density at radius 2 is 1.92 bits per heavy atom. The van der Waals surface area contributed by atoms with E-state index < -0.39 is 0 Å². The zero-order valence-corrected chi connectivity index (χ0v) is 16.2. The summed E-state index contributed by atoms with van der Waals surface area (Å²) < 4.78 is 1.79. The minimum absolute atomic E-state index is 0. The molecule has 0 aliphatic heterocycles. The first-order valence-electron chi connectivity index (χ1n) is 7.39. The topological polar surface area (TPSA) is 68.5 Å². The van der Waals surface area contributed by atoms with Crippen LogP contribution < -0.4 is 5.32 Å². The third-order valence-corrected chi connectivity index (χ3v) is 4.46. The standard InChI is InChI=1S/C17H14N6S.2ClH/c1-18-16-14(13-5-3-9-24-13)15(12-4-2-6-19-10-12)21-17(22-16)23-8-7-20-11-23;;/h2-11H,1H3,(H,18,21,22);2*1H. The maximum Gasteiger partial charge on any atom is 0.237 e. The number of anilines is 1. The second kappa shape index (κ2) is 8.75. The van der Waals surface area contributed by atoms with Crippen LogP contribution in [0.15, 0.2) is 60.8 Å². The molecule has 1 N–H and O–H groups in total. The lowest BCUT2D eigenvalue weighted by molar-refractivity contribution is 0.931. The highest BCUT2D eigenvalue weighted by atomic mass is 35.5. The van der Waals surface area contributed by atoms with Crippen molar-refractivity contribution in [3.05, 3.63) is 60.8 Å². The molecule has 0 atom stereocenters. The van der Waals surface area contributed by atoms with E-state index in [-0.39, 0.29) is 24.8 Å². The number of thiophene rings is 1. The van der Waals surface area contributed by atoms with E-state index in [1.807, 2.05) is 43.0 Å². The Kier molecular flexibility index (Phi) is 6.68. The Morgan fingerprint density at radius 1 is 1.04 bits per heavy atom. The van der Waals surface area contributed by atoms with Gasteiger partial charge in [-0.15, -0.1) is 36.2 Å². The van der Waals surface area contributed by atoms with Gasteiger partial charge >= 0.3 is 0 Å². The number of hydrogen-bond donors (Lipinski definition) is 1. The Bertz CT molecular complexity index is 943. The predicted molar refractivity (Wildman–Crippen MR) is 110 cm³/mol. The molecule has 4 aromatic heterocycles. The lowest BCUT2D eigenvalue weighted by atomic mass is 10.1. The first kappa shape index (κ1) is 19.8. The summed E-state index contributed by atoms with van der Waals surface area (Å²) in [5.74, 6) is 1.34. The summed E-state index contributed by atoms with van der Waals surface area (Å²) >= 11 is 1.66. The van der Waals surface area contributed by atoms with Crippen molar-refractivity contribution in [2.24, 2.45) is 0 Å². The molecule has 0 spiro atoms. The van der Waals surface area contributed by atoms with Crippen LogP contribution in [0.25, 0.3) is 27.6 Å². The predicted octanol–water partition coefficient (Wildman–Crippen LogP) is 4.34.